The molecular weight excluding hydrogens is 150 g/mol. The normalized spacial score (nSPS) is 18.1. The van der Waals surface area contributed by atoms with E-state index in [1.165, 1.54) is 12.8 Å². The van der Waals surface area contributed by atoms with Crippen LogP contribution in [0.4, 0.5) is 0 Å². The second-order valence-corrected chi connectivity index (χ2v) is 3.61. The molecule has 0 spiro atoms. The molecule has 1 saturated carbocycles. The maximum atomic E-state index is 10.2. The summed E-state index contributed by atoms with van der Waals surface area (Å²) in [5, 5.41) is 0. The van der Waals surface area contributed by atoms with E-state index in [-0.39, 0.29) is 0 Å². The molecule has 1 aliphatic rings. The third-order valence-electron chi connectivity index (χ3n) is 2.13. The standard InChI is InChI=1S/C8H15NO.C2H6/c1-9(2)7-8(3-4-8)5-6-10;1-2/h6H,3-5,7H2,1-2H3;1-2H3. The van der Waals surface area contributed by atoms with Gasteiger partial charge in [-0.05, 0) is 32.4 Å². The first-order chi connectivity index (χ1) is 5.68. The Balaban J connectivity index is 0.000000561. The van der Waals surface area contributed by atoms with Gasteiger partial charge in [-0.1, -0.05) is 13.8 Å². The van der Waals surface area contributed by atoms with Crippen molar-refractivity contribution in [2.75, 3.05) is 20.6 Å². The van der Waals surface area contributed by atoms with Crippen molar-refractivity contribution in [1.82, 2.24) is 4.90 Å². The molecular formula is C10H21NO. The van der Waals surface area contributed by atoms with Crippen molar-refractivity contribution < 1.29 is 4.79 Å². The molecule has 0 aromatic carbocycles. The van der Waals surface area contributed by atoms with E-state index in [9.17, 15) is 4.79 Å². The van der Waals surface area contributed by atoms with Crippen LogP contribution < -0.4 is 0 Å². The van der Waals surface area contributed by atoms with Crippen molar-refractivity contribution in [3.05, 3.63) is 0 Å². The molecule has 0 saturated heterocycles. The highest BCUT2D eigenvalue weighted by Gasteiger charge is 2.42. The van der Waals surface area contributed by atoms with Gasteiger partial charge in [0.2, 0.25) is 0 Å². The number of hydrogen-bond acceptors (Lipinski definition) is 2. The lowest BCUT2D eigenvalue weighted by Crippen LogP contribution is -2.22. The summed E-state index contributed by atoms with van der Waals surface area (Å²) in [7, 11) is 4.12. The second-order valence-electron chi connectivity index (χ2n) is 3.61. The molecule has 2 nitrogen and oxygen atoms in total. The van der Waals surface area contributed by atoms with Gasteiger partial charge in [0.15, 0.2) is 0 Å². The van der Waals surface area contributed by atoms with E-state index < -0.39 is 0 Å². The van der Waals surface area contributed by atoms with E-state index >= 15 is 0 Å². The molecule has 0 aromatic rings. The topological polar surface area (TPSA) is 20.3 Å². The molecule has 1 rings (SSSR count). The Kier molecular flexibility index (Phi) is 5.14. The van der Waals surface area contributed by atoms with Crippen molar-refractivity contribution in [3.8, 4) is 0 Å². The van der Waals surface area contributed by atoms with Crippen molar-refractivity contribution in [2.24, 2.45) is 5.41 Å². The van der Waals surface area contributed by atoms with E-state index in [2.05, 4.69) is 19.0 Å². The Hall–Kier alpha value is -0.370. The molecule has 0 aromatic heterocycles. The van der Waals surface area contributed by atoms with Crippen molar-refractivity contribution in [3.63, 3.8) is 0 Å². The summed E-state index contributed by atoms with van der Waals surface area (Å²) >= 11 is 0. The Morgan fingerprint density at radius 2 is 1.83 bits per heavy atom. The van der Waals surface area contributed by atoms with Gasteiger partial charge in [-0.2, -0.15) is 0 Å². The van der Waals surface area contributed by atoms with Crippen LogP contribution in [0.25, 0.3) is 0 Å². The molecule has 0 amide bonds. The molecule has 1 aliphatic carbocycles. The number of carbonyl (C=O) groups excluding carboxylic acids is 1. The van der Waals surface area contributed by atoms with Crippen LogP contribution in [0.1, 0.15) is 33.1 Å². The molecule has 72 valence electrons. The number of rotatable bonds is 4. The molecule has 0 heterocycles. The van der Waals surface area contributed by atoms with Crippen molar-refractivity contribution in [2.45, 2.75) is 33.1 Å². The zero-order valence-corrected chi connectivity index (χ0v) is 8.76. The summed E-state index contributed by atoms with van der Waals surface area (Å²) in [6, 6.07) is 0. The lowest BCUT2D eigenvalue weighted by Gasteiger charge is -2.16. The van der Waals surface area contributed by atoms with Gasteiger partial charge < -0.3 is 9.69 Å². The average molecular weight is 171 g/mol. The average Bonchev–Trinajstić information content (AvgIpc) is 2.73. The second kappa shape index (κ2) is 5.31. The van der Waals surface area contributed by atoms with Gasteiger partial charge in [0.25, 0.3) is 0 Å². The molecule has 0 unspecified atom stereocenters. The van der Waals surface area contributed by atoms with Crippen LogP contribution in [0.2, 0.25) is 0 Å². The third-order valence-corrected chi connectivity index (χ3v) is 2.13. The van der Waals surface area contributed by atoms with Gasteiger partial charge in [-0.15, -0.1) is 0 Å². The highest BCUT2D eigenvalue weighted by atomic mass is 16.1. The minimum atomic E-state index is 0.380. The van der Waals surface area contributed by atoms with Gasteiger partial charge in [-0.25, -0.2) is 0 Å². The molecule has 0 N–H and O–H groups in total. The van der Waals surface area contributed by atoms with Crippen LogP contribution >= 0.6 is 0 Å². The third kappa shape index (κ3) is 3.86. The quantitative estimate of drug-likeness (QED) is 0.602. The number of carbonyl (C=O) groups is 1. The minimum Gasteiger partial charge on any atom is -0.309 e. The number of hydrogen-bond donors (Lipinski definition) is 0. The van der Waals surface area contributed by atoms with E-state index in [0.29, 0.717) is 5.41 Å². The Labute approximate surface area is 75.9 Å². The first-order valence-electron chi connectivity index (χ1n) is 4.77. The monoisotopic (exact) mass is 171 g/mol. The number of nitrogens with zero attached hydrogens (tertiary/aromatic N) is 1. The fourth-order valence-corrected chi connectivity index (χ4v) is 1.45. The largest absolute Gasteiger partial charge is 0.309 e. The van der Waals surface area contributed by atoms with Gasteiger partial charge in [0, 0.05) is 13.0 Å². The first kappa shape index (κ1) is 11.6. The van der Waals surface area contributed by atoms with Crippen molar-refractivity contribution in [1.29, 1.82) is 0 Å². The van der Waals surface area contributed by atoms with Gasteiger partial charge in [0.1, 0.15) is 6.29 Å². The lowest BCUT2D eigenvalue weighted by atomic mass is 10.0. The van der Waals surface area contributed by atoms with Crippen molar-refractivity contribution >= 4 is 6.29 Å². The predicted octanol–water partition coefficient (Wildman–Crippen LogP) is 1.94. The fraction of sp³-hybridized carbons (Fsp3) is 0.900. The zero-order valence-electron chi connectivity index (χ0n) is 8.76. The summed E-state index contributed by atoms with van der Waals surface area (Å²) < 4.78 is 0. The minimum absolute atomic E-state index is 0.380. The molecule has 1 fully saturated rings. The Morgan fingerprint density at radius 3 is 2.08 bits per heavy atom. The lowest BCUT2D eigenvalue weighted by molar-refractivity contribution is -0.108. The highest BCUT2D eigenvalue weighted by molar-refractivity contribution is 5.51. The van der Waals surface area contributed by atoms with Gasteiger partial charge in [0.05, 0.1) is 0 Å². The van der Waals surface area contributed by atoms with E-state index in [1.807, 2.05) is 13.8 Å². The molecule has 12 heavy (non-hydrogen) atoms. The Bertz CT molecular complexity index is 128. The number of aldehydes is 1. The van der Waals surface area contributed by atoms with Crippen LogP contribution in [-0.2, 0) is 4.79 Å². The van der Waals surface area contributed by atoms with Crippen LogP contribution in [0.5, 0.6) is 0 Å². The zero-order chi connectivity index (χ0) is 9.61. The SMILES string of the molecule is CC.CN(C)CC1(CC=O)CC1. The Morgan fingerprint density at radius 1 is 1.33 bits per heavy atom. The van der Waals surface area contributed by atoms with Gasteiger partial charge in [-0.3, -0.25) is 0 Å². The summed E-state index contributed by atoms with van der Waals surface area (Å²) in [4.78, 5) is 12.4. The van der Waals surface area contributed by atoms with E-state index in [1.54, 1.807) is 0 Å². The van der Waals surface area contributed by atoms with Crippen LogP contribution in [-0.4, -0.2) is 31.8 Å². The van der Waals surface area contributed by atoms with Gasteiger partial charge >= 0.3 is 0 Å². The molecule has 0 atom stereocenters. The van der Waals surface area contributed by atoms with Crippen LogP contribution in [0.15, 0.2) is 0 Å². The van der Waals surface area contributed by atoms with E-state index in [4.69, 9.17) is 0 Å². The maximum absolute atomic E-state index is 10.2. The summed E-state index contributed by atoms with van der Waals surface area (Å²) in [5.41, 5.74) is 0.380. The smallest absolute Gasteiger partial charge is 0.120 e. The molecule has 0 bridgehead atoms. The van der Waals surface area contributed by atoms with E-state index in [0.717, 1.165) is 19.3 Å². The van der Waals surface area contributed by atoms with Crippen LogP contribution in [0.3, 0.4) is 0 Å². The maximum Gasteiger partial charge on any atom is 0.120 e. The highest BCUT2D eigenvalue weighted by Crippen LogP contribution is 2.48. The molecule has 0 radical (unpaired) electrons. The van der Waals surface area contributed by atoms with Crippen LogP contribution in [0, 0.1) is 5.41 Å². The fourth-order valence-electron chi connectivity index (χ4n) is 1.45. The summed E-state index contributed by atoms with van der Waals surface area (Å²) in [6.07, 6.45) is 4.29. The molecule has 2 heteroatoms. The summed E-state index contributed by atoms with van der Waals surface area (Å²) in [5.74, 6) is 0. The first-order valence-corrected chi connectivity index (χ1v) is 4.77. The summed E-state index contributed by atoms with van der Waals surface area (Å²) in [6.45, 7) is 5.08. The predicted molar refractivity (Wildman–Crippen MR) is 52.3 cm³/mol. The molecule has 0 aliphatic heterocycles.